The summed E-state index contributed by atoms with van der Waals surface area (Å²) in [5, 5.41) is 6.02. The van der Waals surface area contributed by atoms with Gasteiger partial charge in [-0.15, -0.1) is 0 Å². The molecule has 5 nitrogen and oxygen atoms in total. The number of carbonyl (C=O) groups is 2. The lowest BCUT2D eigenvalue weighted by Crippen LogP contribution is -2.35. The molecule has 0 fully saturated rings. The van der Waals surface area contributed by atoms with Gasteiger partial charge in [0.05, 0.1) is 22.3 Å². The zero-order valence-corrected chi connectivity index (χ0v) is 16.9. The van der Waals surface area contributed by atoms with Crippen LogP contribution in [0, 0.1) is 11.6 Å². The number of rotatable bonds is 6. The lowest BCUT2D eigenvalue weighted by atomic mass is 10.0. The highest BCUT2D eigenvalue weighted by Gasteiger charge is 2.14. The van der Waals surface area contributed by atoms with Gasteiger partial charge in [0.15, 0.2) is 0 Å². The molecule has 3 aromatic carbocycles. The number of para-hydroxylation sites is 1. The number of hydrogen-bond donors (Lipinski definition) is 2. The van der Waals surface area contributed by atoms with Crippen molar-refractivity contribution < 1.29 is 18.4 Å². The van der Waals surface area contributed by atoms with Gasteiger partial charge in [-0.25, -0.2) is 13.8 Å². The number of benzene rings is 3. The van der Waals surface area contributed by atoms with E-state index in [2.05, 4.69) is 15.6 Å². The molecule has 0 saturated carbocycles. The number of pyridine rings is 1. The highest BCUT2D eigenvalue weighted by Crippen LogP contribution is 2.25. The largest absolute Gasteiger partial charge is 0.350 e. The van der Waals surface area contributed by atoms with Gasteiger partial charge >= 0.3 is 0 Å². The summed E-state index contributed by atoms with van der Waals surface area (Å²) in [5.41, 5.74) is 2.22. The molecule has 0 radical (unpaired) electrons. The van der Waals surface area contributed by atoms with Crippen molar-refractivity contribution in [1.82, 2.24) is 15.6 Å². The average molecular weight is 431 g/mol. The summed E-state index contributed by atoms with van der Waals surface area (Å²) >= 11 is 0. The van der Waals surface area contributed by atoms with Crippen molar-refractivity contribution >= 4 is 22.7 Å². The molecule has 0 unspecified atom stereocenters. The van der Waals surface area contributed by atoms with Crippen LogP contribution in [0.4, 0.5) is 8.78 Å². The van der Waals surface area contributed by atoms with E-state index < -0.39 is 11.7 Å². The Balaban J connectivity index is 1.48. The molecule has 1 aromatic heterocycles. The van der Waals surface area contributed by atoms with Crippen LogP contribution in [0.3, 0.4) is 0 Å². The lowest BCUT2D eigenvalue weighted by molar-refractivity contribution is 0.0926. The summed E-state index contributed by atoms with van der Waals surface area (Å²) in [5.74, 6) is -1.85. The maximum atomic E-state index is 13.7. The highest BCUT2D eigenvalue weighted by atomic mass is 19.1. The van der Waals surface area contributed by atoms with Crippen LogP contribution in [0.25, 0.3) is 22.2 Å². The Kier molecular flexibility index (Phi) is 6.17. The fourth-order valence-electron chi connectivity index (χ4n) is 3.32. The van der Waals surface area contributed by atoms with Gasteiger partial charge in [0.25, 0.3) is 11.8 Å². The van der Waals surface area contributed by atoms with Gasteiger partial charge in [-0.1, -0.05) is 30.3 Å². The maximum absolute atomic E-state index is 13.7. The van der Waals surface area contributed by atoms with E-state index in [9.17, 15) is 18.4 Å². The van der Waals surface area contributed by atoms with Gasteiger partial charge in [-0.3, -0.25) is 9.59 Å². The Bertz CT molecular complexity index is 1290. The first kappa shape index (κ1) is 21.1. The number of nitrogens with zero attached hydrogens (tertiary/aromatic N) is 1. The van der Waals surface area contributed by atoms with Crippen LogP contribution in [0.15, 0.2) is 78.9 Å². The molecule has 0 atom stereocenters. The first-order valence-corrected chi connectivity index (χ1v) is 9.99. The molecule has 0 aliphatic rings. The van der Waals surface area contributed by atoms with E-state index in [1.165, 1.54) is 30.3 Å². The van der Waals surface area contributed by atoms with Crippen molar-refractivity contribution in [2.45, 2.75) is 0 Å². The summed E-state index contributed by atoms with van der Waals surface area (Å²) in [6.45, 7) is 0.286. The van der Waals surface area contributed by atoms with Crippen LogP contribution < -0.4 is 10.6 Å². The normalized spacial score (nSPS) is 10.7. The molecular weight excluding hydrogens is 412 g/mol. The third-order valence-corrected chi connectivity index (χ3v) is 4.92. The van der Waals surface area contributed by atoms with E-state index >= 15 is 0 Å². The summed E-state index contributed by atoms with van der Waals surface area (Å²) in [6, 6.07) is 20.5. The minimum atomic E-state index is -0.606. The monoisotopic (exact) mass is 431 g/mol. The van der Waals surface area contributed by atoms with Crippen LogP contribution in [-0.4, -0.2) is 29.9 Å². The number of nitrogens with one attached hydrogen (secondary N) is 2. The van der Waals surface area contributed by atoms with E-state index in [0.717, 1.165) is 0 Å². The summed E-state index contributed by atoms with van der Waals surface area (Å²) in [6.07, 6.45) is 0. The third-order valence-electron chi connectivity index (χ3n) is 4.92. The van der Waals surface area contributed by atoms with Crippen LogP contribution in [0.1, 0.15) is 20.7 Å². The molecule has 0 aliphatic heterocycles. The van der Waals surface area contributed by atoms with Crippen molar-refractivity contribution in [3.8, 4) is 11.3 Å². The zero-order chi connectivity index (χ0) is 22.5. The first-order chi connectivity index (χ1) is 15.5. The topological polar surface area (TPSA) is 71.1 Å². The van der Waals surface area contributed by atoms with Gasteiger partial charge in [0.2, 0.25) is 0 Å². The molecular formula is C25H19F2N3O2. The number of carbonyl (C=O) groups excluding carboxylic acids is 2. The molecule has 160 valence electrons. The summed E-state index contributed by atoms with van der Waals surface area (Å²) in [7, 11) is 0. The second-order valence-electron chi connectivity index (χ2n) is 7.07. The standard InChI is InChI=1S/C25H19F2N3O2/c26-17-11-9-16(10-12-17)23-15-20(18-5-2-4-8-22(18)30-23)25(32)29-14-13-28-24(31)19-6-1-3-7-21(19)27/h1-12,15H,13-14H2,(H,28,31)(H,29,32). The number of halogens is 2. The fourth-order valence-corrected chi connectivity index (χ4v) is 3.32. The van der Waals surface area contributed by atoms with Crippen molar-refractivity contribution in [3.05, 3.63) is 102 Å². The minimum Gasteiger partial charge on any atom is -0.350 e. The van der Waals surface area contributed by atoms with Gasteiger partial charge < -0.3 is 10.6 Å². The van der Waals surface area contributed by atoms with E-state index in [0.29, 0.717) is 27.7 Å². The molecule has 0 saturated heterocycles. The van der Waals surface area contributed by atoms with Crippen molar-refractivity contribution in [3.63, 3.8) is 0 Å². The fraction of sp³-hybridized carbons (Fsp3) is 0.0800. The zero-order valence-electron chi connectivity index (χ0n) is 16.9. The lowest BCUT2D eigenvalue weighted by Gasteiger charge is -2.11. The molecule has 7 heteroatoms. The van der Waals surface area contributed by atoms with Gasteiger partial charge in [0.1, 0.15) is 11.6 Å². The minimum absolute atomic E-state index is 0.0529. The highest BCUT2D eigenvalue weighted by molar-refractivity contribution is 6.07. The first-order valence-electron chi connectivity index (χ1n) is 9.99. The second kappa shape index (κ2) is 9.34. The SMILES string of the molecule is O=C(NCCNC(=O)c1cc(-c2ccc(F)cc2)nc2ccccc12)c1ccccc1F. The Labute approximate surface area is 183 Å². The predicted molar refractivity (Wildman–Crippen MR) is 118 cm³/mol. The molecule has 1 heterocycles. The molecule has 2 amide bonds. The third kappa shape index (κ3) is 4.62. The van der Waals surface area contributed by atoms with Crippen molar-refractivity contribution in [2.75, 3.05) is 13.1 Å². The van der Waals surface area contributed by atoms with E-state index in [1.54, 1.807) is 36.4 Å². The predicted octanol–water partition coefficient (Wildman–Crippen LogP) is 4.34. The number of fused-ring (bicyclic) bond motifs is 1. The van der Waals surface area contributed by atoms with Gasteiger partial charge in [0, 0.05) is 24.0 Å². The Morgan fingerprint density at radius 1 is 0.750 bits per heavy atom. The smallest absolute Gasteiger partial charge is 0.254 e. The van der Waals surface area contributed by atoms with Gasteiger partial charge in [-0.2, -0.15) is 0 Å². The van der Waals surface area contributed by atoms with E-state index in [4.69, 9.17) is 0 Å². The van der Waals surface area contributed by atoms with Gasteiger partial charge in [-0.05, 0) is 48.5 Å². The molecule has 4 aromatic rings. The van der Waals surface area contributed by atoms with E-state index in [1.807, 2.05) is 12.1 Å². The molecule has 32 heavy (non-hydrogen) atoms. The Hall–Kier alpha value is -4.13. The molecule has 2 N–H and O–H groups in total. The van der Waals surface area contributed by atoms with Crippen LogP contribution in [0.2, 0.25) is 0 Å². The molecule has 0 bridgehead atoms. The van der Waals surface area contributed by atoms with Crippen LogP contribution >= 0.6 is 0 Å². The number of amides is 2. The molecule has 0 aliphatic carbocycles. The maximum Gasteiger partial charge on any atom is 0.254 e. The quantitative estimate of drug-likeness (QED) is 0.446. The molecule has 4 rings (SSSR count). The second-order valence-corrected chi connectivity index (χ2v) is 7.07. The number of aromatic nitrogens is 1. The number of hydrogen-bond acceptors (Lipinski definition) is 3. The average Bonchev–Trinajstić information content (AvgIpc) is 2.81. The van der Waals surface area contributed by atoms with E-state index in [-0.39, 0.29) is 30.4 Å². The Morgan fingerprint density at radius 2 is 1.38 bits per heavy atom. The summed E-state index contributed by atoms with van der Waals surface area (Å²) < 4.78 is 27.0. The Morgan fingerprint density at radius 3 is 2.09 bits per heavy atom. The summed E-state index contributed by atoms with van der Waals surface area (Å²) in [4.78, 5) is 29.6. The van der Waals surface area contributed by atoms with Crippen molar-refractivity contribution in [2.24, 2.45) is 0 Å². The van der Waals surface area contributed by atoms with Crippen LogP contribution in [0.5, 0.6) is 0 Å². The molecule has 0 spiro atoms. The van der Waals surface area contributed by atoms with Crippen LogP contribution in [-0.2, 0) is 0 Å². The van der Waals surface area contributed by atoms with Crippen molar-refractivity contribution in [1.29, 1.82) is 0 Å².